The number of sulfone groups is 1. The molecule has 3 atom stereocenters. The van der Waals surface area contributed by atoms with Crippen LogP contribution >= 0.6 is 0 Å². The largest absolute Gasteiger partial charge is 0.385 e. The lowest BCUT2D eigenvalue weighted by Crippen LogP contribution is -2.59. The number of hydrogen-bond acceptors (Lipinski definition) is 6. The predicted octanol–water partition coefficient (Wildman–Crippen LogP) is 3.64. The first kappa shape index (κ1) is 25.4. The molecular weight excluding hydrogens is 500 g/mol. The summed E-state index contributed by atoms with van der Waals surface area (Å²) in [5.41, 5.74) is 1.19. The number of benzene rings is 1. The molecule has 8 nitrogen and oxygen atoms in total. The molecule has 38 heavy (non-hydrogen) atoms. The Morgan fingerprint density at radius 3 is 2.42 bits per heavy atom. The van der Waals surface area contributed by atoms with Gasteiger partial charge in [-0.15, -0.1) is 0 Å². The number of nitrogens with zero attached hydrogens (tertiary/aromatic N) is 4. The number of aliphatic hydroxyl groups is 1. The summed E-state index contributed by atoms with van der Waals surface area (Å²) in [5, 5.41) is 11.6. The van der Waals surface area contributed by atoms with Crippen molar-refractivity contribution < 1.29 is 18.3 Å². The maximum absolute atomic E-state index is 14.2. The highest BCUT2D eigenvalue weighted by Crippen LogP contribution is 2.47. The van der Waals surface area contributed by atoms with Crippen LogP contribution in [0.4, 0.5) is 5.95 Å². The van der Waals surface area contributed by atoms with Gasteiger partial charge in [0.15, 0.2) is 5.69 Å². The number of carbonyl (C=O) groups excluding carboxylic acids is 1. The van der Waals surface area contributed by atoms with E-state index in [1.807, 2.05) is 64.0 Å². The molecule has 202 valence electrons. The third-order valence-electron chi connectivity index (χ3n) is 9.07. The van der Waals surface area contributed by atoms with Crippen molar-refractivity contribution >= 4 is 27.2 Å². The topological polar surface area (TPSA) is 95.2 Å². The van der Waals surface area contributed by atoms with E-state index < -0.39 is 15.4 Å². The van der Waals surface area contributed by atoms with E-state index >= 15 is 0 Å². The van der Waals surface area contributed by atoms with Gasteiger partial charge in [-0.05, 0) is 49.8 Å². The van der Waals surface area contributed by atoms with Crippen LogP contribution in [0.5, 0.6) is 0 Å². The van der Waals surface area contributed by atoms with Gasteiger partial charge in [0.1, 0.15) is 9.84 Å². The third-order valence-corrected chi connectivity index (χ3v) is 10.8. The molecule has 0 spiro atoms. The summed E-state index contributed by atoms with van der Waals surface area (Å²) in [6.07, 6.45) is 8.71. The van der Waals surface area contributed by atoms with E-state index in [9.17, 15) is 18.3 Å². The van der Waals surface area contributed by atoms with Gasteiger partial charge in [0, 0.05) is 44.0 Å². The minimum atomic E-state index is -3.07. The van der Waals surface area contributed by atoms with Crippen LogP contribution in [0.25, 0.3) is 5.52 Å². The summed E-state index contributed by atoms with van der Waals surface area (Å²) in [4.78, 5) is 23.1. The molecule has 2 aliphatic heterocycles. The number of piperidine rings is 2. The van der Waals surface area contributed by atoms with Crippen molar-refractivity contribution in [1.82, 2.24) is 14.3 Å². The monoisotopic (exact) mass is 536 g/mol. The number of amides is 1. The van der Waals surface area contributed by atoms with Crippen LogP contribution in [0.2, 0.25) is 0 Å². The lowest BCUT2D eigenvalue weighted by Gasteiger charge is -2.52. The van der Waals surface area contributed by atoms with Gasteiger partial charge in [0.25, 0.3) is 5.91 Å². The van der Waals surface area contributed by atoms with Crippen LogP contribution in [-0.2, 0) is 15.4 Å². The molecule has 3 aromatic rings. The maximum Gasteiger partial charge on any atom is 0.275 e. The minimum absolute atomic E-state index is 0.0141. The number of fused-ring (bicyclic) bond motifs is 2. The molecular formula is C29H36N4O4S. The fraction of sp³-hybridized carbons (Fsp3) is 0.517. The minimum Gasteiger partial charge on any atom is -0.385 e. The van der Waals surface area contributed by atoms with Crippen molar-refractivity contribution in [1.29, 1.82) is 0 Å². The average molecular weight is 537 g/mol. The van der Waals surface area contributed by atoms with Gasteiger partial charge in [0.2, 0.25) is 5.95 Å². The molecule has 1 aromatic carbocycles. The molecule has 1 amide bonds. The van der Waals surface area contributed by atoms with Gasteiger partial charge in [-0.2, -0.15) is 0 Å². The first-order chi connectivity index (χ1) is 18.3. The Balaban J connectivity index is 1.31. The number of hydrogen-bond donors (Lipinski definition) is 1. The molecule has 3 aliphatic rings. The van der Waals surface area contributed by atoms with Crippen LogP contribution in [0.15, 0.2) is 54.7 Å². The molecule has 0 bridgehead atoms. The van der Waals surface area contributed by atoms with E-state index in [-0.39, 0.29) is 23.1 Å². The average Bonchev–Trinajstić information content (AvgIpc) is 3.33. The van der Waals surface area contributed by atoms with E-state index in [1.165, 1.54) is 6.26 Å². The summed E-state index contributed by atoms with van der Waals surface area (Å²) in [6, 6.07) is 15.7. The summed E-state index contributed by atoms with van der Waals surface area (Å²) in [6.45, 7) is 1.64. The number of imidazole rings is 1. The predicted molar refractivity (Wildman–Crippen MR) is 147 cm³/mol. The smallest absolute Gasteiger partial charge is 0.275 e. The molecule has 3 unspecified atom stereocenters. The second-order valence-corrected chi connectivity index (χ2v) is 13.6. The molecule has 1 aliphatic carbocycles. The lowest BCUT2D eigenvalue weighted by atomic mass is 9.66. The Morgan fingerprint density at radius 2 is 1.68 bits per heavy atom. The summed E-state index contributed by atoms with van der Waals surface area (Å²) in [5.74, 6) is 0.589. The van der Waals surface area contributed by atoms with E-state index in [0.29, 0.717) is 50.5 Å². The second kappa shape index (κ2) is 9.68. The van der Waals surface area contributed by atoms with Gasteiger partial charge in [0.05, 0.1) is 16.4 Å². The first-order valence-corrected chi connectivity index (χ1v) is 15.7. The molecule has 4 heterocycles. The second-order valence-electron chi connectivity index (χ2n) is 11.2. The van der Waals surface area contributed by atoms with Crippen molar-refractivity contribution in [3.05, 3.63) is 66.0 Å². The van der Waals surface area contributed by atoms with Crippen LogP contribution in [0.3, 0.4) is 0 Å². The molecule has 2 aromatic heterocycles. The van der Waals surface area contributed by atoms with Gasteiger partial charge in [-0.1, -0.05) is 49.2 Å². The van der Waals surface area contributed by atoms with Crippen LogP contribution < -0.4 is 4.90 Å². The highest BCUT2D eigenvalue weighted by molar-refractivity contribution is 7.91. The zero-order valence-corrected chi connectivity index (χ0v) is 22.7. The molecule has 6 rings (SSSR count). The van der Waals surface area contributed by atoms with Gasteiger partial charge >= 0.3 is 0 Å². The summed E-state index contributed by atoms with van der Waals surface area (Å²) in [7, 11) is -3.07. The van der Waals surface area contributed by atoms with Crippen molar-refractivity contribution in [2.75, 3.05) is 30.8 Å². The number of carbonyl (C=O) groups is 1. The van der Waals surface area contributed by atoms with E-state index in [4.69, 9.17) is 4.98 Å². The van der Waals surface area contributed by atoms with Crippen molar-refractivity contribution in [2.24, 2.45) is 5.92 Å². The number of aromatic nitrogens is 2. The zero-order valence-electron chi connectivity index (χ0n) is 21.9. The molecule has 0 radical (unpaired) electrons. The lowest BCUT2D eigenvalue weighted by molar-refractivity contribution is -0.110. The standard InChI is InChI=1S/C29H36N4O4S/c1-38(36,37)22-14-18-31(19-15-22)28-30-26(25-13-7-8-17-33(25)28)27(34)32-20-16-29(35,21-9-3-2-4-10-21)23-11-5-6-12-24(23)32/h2-4,7-10,13,17,22-24,35H,5-6,11-12,14-16,18-20H2,1H3. The van der Waals surface area contributed by atoms with Gasteiger partial charge in [-0.3, -0.25) is 9.20 Å². The fourth-order valence-electron chi connectivity index (χ4n) is 7.04. The molecule has 2 saturated heterocycles. The van der Waals surface area contributed by atoms with E-state index in [1.54, 1.807) is 0 Å². The Morgan fingerprint density at radius 1 is 0.974 bits per heavy atom. The van der Waals surface area contributed by atoms with Crippen LogP contribution in [-0.4, -0.2) is 70.9 Å². The van der Waals surface area contributed by atoms with E-state index in [0.717, 1.165) is 36.8 Å². The van der Waals surface area contributed by atoms with E-state index in [2.05, 4.69) is 4.90 Å². The Bertz CT molecular complexity index is 1430. The first-order valence-electron chi connectivity index (χ1n) is 13.8. The summed E-state index contributed by atoms with van der Waals surface area (Å²) >= 11 is 0. The molecule has 1 saturated carbocycles. The van der Waals surface area contributed by atoms with Gasteiger partial charge in [-0.25, -0.2) is 13.4 Å². The summed E-state index contributed by atoms with van der Waals surface area (Å²) < 4.78 is 26.1. The number of anilines is 1. The van der Waals surface area contributed by atoms with Gasteiger partial charge < -0.3 is 14.9 Å². The van der Waals surface area contributed by atoms with Crippen molar-refractivity contribution in [3.8, 4) is 0 Å². The molecule has 1 N–H and O–H groups in total. The Kier molecular flexibility index (Phi) is 6.46. The van der Waals surface area contributed by atoms with Crippen molar-refractivity contribution in [3.63, 3.8) is 0 Å². The normalized spacial score (nSPS) is 26.9. The van der Waals surface area contributed by atoms with Crippen molar-refractivity contribution in [2.45, 2.75) is 61.8 Å². The fourth-order valence-corrected chi connectivity index (χ4v) is 8.11. The highest BCUT2D eigenvalue weighted by Gasteiger charge is 2.50. The zero-order chi connectivity index (χ0) is 26.5. The maximum atomic E-state index is 14.2. The quantitative estimate of drug-likeness (QED) is 0.547. The third kappa shape index (κ3) is 4.29. The number of likely N-dealkylation sites (tertiary alicyclic amines) is 1. The SMILES string of the molecule is CS(=O)(=O)C1CCN(c2nc(C(=O)N3CCC(O)(c4ccccc4)C4CCCCC43)c3ccccn23)CC1. The Labute approximate surface area is 224 Å². The number of pyridine rings is 1. The van der Waals surface area contributed by atoms with Crippen LogP contribution in [0, 0.1) is 5.92 Å². The molecule has 3 fully saturated rings. The highest BCUT2D eigenvalue weighted by atomic mass is 32.2. The Hall–Kier alpha value is -2.91. The van der Waals surface area contributed by atoms with Crippen LogP contribution in [0.1, 0.15) is 61.0 Å². The molecule has 9 heteroatoms. The number of rotatable bonds is 4.